The molecule has 10 aromatic carbocycles. The Bertz CT molecular complexity index is 4160. The molecule has 0 radical (unpaired) electrons. The molecular weight excluding hydrogens is 861 g/mol. The van der Waals surface area contributed by atoms with Gasteiger partial charge in [-0.3, -0.25) is 4.98 Å². The Morgan fingerprint density at radius 3 is 1.31 bits per heavy atom. The molecule has 0 saturated heterocycles. The fraction of sp³-hybridized carbons (Fsp3) is 0.0588. The minimum Gasteiger partial charge on any atom is -0.455 e. The van der Waals surface area contributed by atoms with E-state index in [9.17, 15) is 0 Å². The van der Waals surface area contributed by atoms with Crippen LogP contribution in [0.4, 0.5) is 0 Å². The third kappa shape index (κ3) is 6.43. The van der Waals surface area contributed by atoms with Gasteiger partial charge in [-0.2, -0.15) is 0 Å². The molecule has 0 aliphatic heterocycles. The van der Waals surface area contributed by atoms with E-state index < -0.39 is 0 Å². The van der Waals surface area contributed by atoms with Gasteiger partial charge in [-0.05, 0) is 113 Å². The lowest BCUT2D eigenvalue weighted by Gasteiger charge is -2.28. The molecule has 2 aromatic heterocycles. The summed E-state index contributed by atoms with van der Waals surface area (Å²) in [6, 6.07) is 79.3. The van der Waals surface area contributed by atoms with Crippen LogP contribution in [0.1, 0.15) is 26.3 Å². The molecule has 71 heavy (non-hydrogen) atoms. The molecule has 2 aliphatic rings. The van der Waals surface area contributed by atoms with Gasteiger partial charge in [-0.25, -0.2) is 4.98 Å². The van der Waals surface area contributed by atoms with Crippen molar-refractivity contribution < 1.29 is 4.42 Å². The summed E-state index contributed by atoms with van der Waals surface area (Å²) < 4.78 is 6.57. The number of para-hydroxylation sites is 2. The zero-order chi connectivity index (χ0) is 47.4. The first-order chi connectivity index (χ1) is 34.9. The van der Waals surface area contributed by atoms with Crippen LogP contribution in [-0.2, 0) is 5.41 Å². The molecule has 3 nitrogen and oxygen atoms in total. The van der Waals surface area contributed by atoms with Gasteiger partial charge in [-0.15, -0.1) is 0 Å². The summed E-state index contributed by atoms with van der Waals surface area (Å²) in [6.45, 7) is 6.95. The maximum absolute atomic E-state index is 6.57. The lowest BCUT2D eigenvalue weighted by molar-refractivity contribution is 0.593. The van der Waals surface area contributed by atoms with Gasteiger partial charge in [0.05, 0.1) is 23.3 Å². The molecule has 2 heterocycles. The monoisotopic (exact) mass is 906 g/mol. The van der Waals surface area contributed by atoms with Crippen LogP contribution in [0.15, 0.2) is 229 Å². The van der Waals surface area contributed by atoms with Crippen LogP contribution in [-0.4, -0.2) is 9.97 Å². The van der Waals surface area contributed by atoms with Crippen LogP contribution >= 0.6 is 0 Å². The van der Waals surface area contributed by atoms with E-state index in [1.54, 1.807) is 0 Å². The van der Waals surface area contributed by atoms with E-state index in [-0.39, 0.29) is 5.41 Å². The van der Waals surface area contributed by atoms with Crippen molar-refractivity contribution in [1.82, 2.24) is 9.97 Å². The largest absolute Gasteiger partial charge is 0.455 e. The Hall–Kier alpha value is -8.92. The molecule has 0 bridgehead atoms. The van der Waals surface area contributed by atoms with Crippen molar-refractivity contribution in [1.29, 1.82) is 0 Å². The predicted molar refractivity (Wildman–Crippen MR) is 295 cm³/mol. The van der Waals surface area contributed by atoms with E-state index >= 15 is 0 Å². The zero-order valence-electron chi connectivity index (χ0n) is 39.7. The number of hydrogen-bond acceptors (Lipinski definition) is 3. The van der Waals surface area contributed by atoms with Crippen molar-refractivity contribution in [3.8, 4) is 123 Å². The number of furan rings is 1. The highest BCUT2D eigenvalue weighted by molar-refractivity contribution is 6.11. The van der Waals surface area contributed by atoms with Crippen molar-refractivity contribution in [2.45, 2.75) is 26.2 Å². The van der Waals surface area contributed by atoms with Crippen molar-refractivity contribution in [2.24, 2.45) is 0 Å². The van der Waals surface area contributed by atoms with Crippen LogP contribution in [0.25, 0.3) is 145 Å². The molecular formula is C68H46N2O. The van der Waals surface area contributed by atoms with Crippen LogP contribution in [0.5, 0.6) is 0 Å². The minimum atomic E-state index is -0.256. The van der Waals surface area contributed by atoms with Gasteiger partial charge in [0, 0.05) is 33.0 Å². The summed E-state index contributed by atoms with van der Waals surface area (Å²) in [4.78, 5) is 11.2. The molecule has 0 atom stereocenters. The summed E-state index contributed by atoms with van der Waals surface area (Å²) in [6.07, 6.45) is 2.00. The summed E-state index contributed by atoms with van der Waals surface area (Å²) in [5, 5.41) is 2.23. The number of nitrogens with zero attached hydrogens (tertiary/aromatic N) is 2. The molecule has 334 valence electrons. The summed E-state index contributed by atoms with van der Waals surface area (Å²) in [7, 11) is 0. The van der Waals surface area contributed by atoms with Crippen molar-refractivity contribution in [3.63, 3.8) is 0 Å². The number of rotatable bonds is 3. The lowest BCUT2D eigenvalue weighted by atomic mass is 9.76. The molecule has 3 heteroatoms. The van der Waals surface area contributed by atoms with E-state index in [2.05, 4.69) is 227 Å². The maximum atomic E-state index is 6.57. The minimum absolute atomic E-state index is 0.256. The maximum Gasteiger partial charge on any atom is 0.143 e. The molecule has 0 spiro atoms. The van der Waals surface area contributed by atoms with Gasteiger partial charge in [0.1, 0.15) is 11.2 Å². The van der Waals surface area contributed by atoms with Crippen LogP contribution in [0, 0.1) is 0 Å². The number of hydrogen-bond donors (Lipinski definition) is 0. The second-order valence-corrected chi connectivity index (χ2v) is 20.0. The average molecular weight is 907 g/mol. The first kappa shape index (κ1) is 41.1. The lowest BCUT2D eigenvalue weighted by Crippen LogP contribution is -2.15. The summed E-state index contributed by atoms with van der Waals surface area (Å²) >= 11 is 0. The first-order valence-electron chi connectivity index (χ1n) is 24.6. The Labute approximate surface area is 413 Å². The molecule has 0 amide bonds. The Morgan fingerprint density at radius 2 is 0.718 bits per heavy atom. The van der Waals surface area contributed by atoms with Crippen LogP contribution in [0.3, 0.4) is 0 Å². The predicted octanol–water partition coefficient (Wildman–Crippen LogP) is 18.6. The molecule has 0 N–H and O–H groups in total. The topological polar surface area (TPSA) is 38.9 Å². The van der Waals surface area contributed by atoms with Gasteiger partial charge in [0.15, 0.2) is 0 Å². The fourth-order valence-corrected chi connectivity index (χ4v) is 11.7. The van der Waals surface area contributed by atoms with Gasteiger partial charge in [0.25, 0.3) is 0 Å². The Morgan fingerprint density at radius 1 is 0.324 bits per heavy atom. The second kappa shape index (κ2) is 15.8. The molecule has 0 fully saturated rings. The number of aromatic nitrogens is 2. The smallest absolute Gasteiger partial charge is 0.143 e. The van der Waals surface area contributed by atoms with Gasteiger partial charge < -0.3 is 4.42 Å². The number of fused-ring (bicyclic) bond motifs is 19. The van der Waals surface area contributed by atoms with Gasteiger partial charge in [-0.1, -0.05) is 221 Å². The molecule has 0 saturated carbocycles. The highest BCUT2D eigenvalue weighted by Crippen LogP contribution is 2.52. The fourth-order valence-electron chi connectivity index (χ4n) is 11.7. The first-order valence-corrected chi connectivity index (χ1v) is 24.6. The zero-order valence-corrected chi connectivity index (χ0v) is 39.7. The number of benzene rings is 10. The third-order valence-electron chi connectivity index (χ3n) is 14.8. The molecule has 12 aromatic rings. The quantitative estimate of drug-likeness (QED) is 0.177. The van der Waals surface area contributed by atoms with E-state index in [0.717, 1.165) is 89.1 Å². The van der Waals surface area contributed by atoms with E-state index in [1.165, 1.54) is 61.2 Å². The molecule has 14 rings (SSSR count). The van der Waals surface area contributed by atoms with E-state index in [1.807, 2.05) is 18.3 Å². The summed E-state index contributed by atoms with van der Waals surface area (Å²) in [5.41, 5.74) is 27.4. The van der Waals surface area contributed by atoms with Crippen molar-refractivity contribution in [3.05, 3.63) is 230 Å². The molecule has 0 unspecified atom stereocenters. The van der Waals surface area contributed by atoms with Gasteiger partial charge in [0.2, 0.25) is 0 Å². The normalized spacial score (nSPS) is 12.2. The van der Waals surface area contributed by atoms with Crippen LogP contribution in [0.2, 0.25) is 0 Å². The third-order valence-corrected chi connectivity index (χ3v) is 14.8. The van der Waals surface area contributed by atoms with E-state index in [0.29, 0.717) is 0 Å². The van der Waals surface area contributed by atoms with Gasteiger partial charge >= 0.3 is 0 Å². The highest BCUT2D eigenvalue weighted by atomic mass is 16.3. The Kier molecular flexibility index (Phi) is 9.15. The standard InChI is InChI=1S/C68H46N2O/c1-68(2,3)64-43(41-34-36-54-49-22-7-6-20-47(49)45-18-4-5-19-46(45)48-21-8-10-25-52(48)60(54)38-41)29-16-32-59(64)62-40-69-65-57-37-35-42(44-30-17-31-58-55-27-14-15-33-63(55)71-67(44)58)39-61(57)53-26-11-9-23-50(53)51-24-12-13-28-56(51)66(65)70-62/h4-40H,1-3H3. The van der Waals surface area contributed by atoms with E-state index in [4.69, 9.17) is 14.4 Å². The Balaban J connectivity index is 0.960. The molecule has 2 aliphatic carbocycles. The average Bonchev–Trinajstić information content (AvgIpc) is 3.81. The summed E-state index contributed by atoms with van der Waals surface area (Å²) in [5.74, 6) is 0. The van der Waals surface area contributed by atoms with Crippen molar-refractivity contribution >= 4 is 21.9 Å². The second-order valence-electron chi connectivity index (χ2n) is 20.0. The highest BCUT2D eigenvalue weighted by Gasteiger charge is 2.29. The van der Waals surface area contributed by atoms with Crippen molar-refractivity contribution in [2.75, 3.05) is 0 Å². The van der Waals surface area contributed by atoms with Crippen LogP contribution < -0.4 is 0 Å². The SMILES string of the molecule is CC(C)(C)c1c(-c2ccc3c(c2)-c2ccccc2-c2ccccc2-c2ccccc2-3)cccc1-c1cnc2c(n1)-c1ccccc1-c1ccccc1-c1cc(-c3cccc4c3oc3ccccc34)ccc1-2.